The quantitative estimate of drug-likeness (QED) is 0.629. The summed E-state index contributed by atoms with van der Waals surface area (Å²) < 4.78 is 5.24. The van der Waals surface area contributed by atoms with Gasteiger partial charge in [-0.05, 0) is 43.7 Å². The van der Waals surface area contributed by atoms with E-state index in [9.17, 15) is 9.59 Å². The number of methoxy groups -OCH3 is 1. The zero-order chi connectivity index (χ0) is 19.7. The highest BCUT2D eigenvalue weighted by atomic mass is 32.1. The number of amides is 3. The van der Waals surface area contributed by atoms with Crippen LogP contribution in [-0.4, -0.2) is 40.8 Å². The van der Waals surface area contributed by atoms with Crippen molar-refractivity contribution in [3.05, 3.63) is 35.3 Å². The number of imide groups is 1. The molecule has 0 unspecified atom stereocenters. The fraction of sp³-hybridized carbons (Fsp3) is 0.400. The molecule has 1 aromatic heterocycles. The minimum atomic E-state index is -0.783. The Morgan fingerprint density at radius 3 is 2.89 bits per heavy atom. The van der Waals surface area contributed by atoms with Crippen LogP contribution in [0, 0.1) is 5.92 Å². The topological polar surface area (TPSA) is 83.9 Å². The number of carbonyl (C=O) groups excluding carboxylic acids is 2. The predicted molar refractivity (Wildman–Crippen MR) is 107 cm³/mol. The van der Waals surface area contributed by atoms with E-state index in [4.69, 9.17) is 4.74 Å². The highest BCUT2D eigenvalue weighted by Crippen LogP contribution is 2.36. The maximum atomic E-state index is 12.8. The molecule has 1 aromatic carbocycles. The Balaban J connectivity index is 1.49. The summed E-state index contributed by atoms with van der Waals surface area (Å²) >= 11 is 1.47. The lowest BCUT2D eigenvalue weighted by molar-refractivity contribution is -0.132. The lowest BCUT2D eigenvalue weighted by Crippen LogP contribution is -2.49. The molecule has 0 radical (unpaired) electrons. The van der Waals surface area contributed by atoms with Crippen molar-refractivity contribution >= 4 is 29.5 Å². The highest BCUT2D eigenvalue weighted by molar-refractivity contribution is 7.13. The molecule has 1 aliphatic heterocycles. The van der Waals surface area contributed by atoms with Gasteiger partial charge in [-0.1, -0.05) is 19.1 Å². The maximum absolute atomic E-state index is 12.8. The number of carbonyl (C=O) groups is 2. The molecular formula is C20H22N4O3S. The molecule has 28 heavy (non-hydrogen) atoms. The van der Waals surface area contributed by atoms with Gasteiger partial charge >= 0.3 is 6.03 Å². The molecule has 146 valence electrons. The minimum Gasteiger partial charge on any atom is -0.497 e. The number of nitrogens with zero attached hydrogens (tertiary/aromatic N) is 3. The Morgan fingerprint density at radius 1 is 1.36 bits per heavy atom. The molecule has 0 bridgehead atoms. The molecule has 1 saturated carbocycles. The molecule has 2 aliphatic rings. The molecule has 1 N–H and O–H groups in total. The number of thiazole rings is 1. The second kappa shape index (κ2) is 7.35. The lowest BCUT2D eigenvalue weighted by Gasteiger charge is -2.33. The second-order valence-electron chi connectivity index (χ2n) is 7.37. The third kappa shape index (κ3) is 3.40. The molecule has 0 atom stereocenters. The van der Waals surface area contributed by atoms with Gasteiger partial charge in [0, 0.05) is 10.9 Å². The largest absolute Gasteiger partial charge is 0.497 e. The van der Waals surface area contributed by atoms with Crippen LogP contribution in [0.4, 0.5) is 4.79 Å². The minimum absolute atomic E-state index is 0.260. The number of hydrazone groups is 1. The summed E-state index contributed by atoms with van der Waals surface area (Å²) in [6.07, 6.45) is 4.66. The Morgan fingerprint density at radius 2 is 2.14 bits per heavy atom. The van der Waals surface area contributed by atoms with Crippen molar-refractivity contribution < 1.29 is 14.3 Å². The third-order valence-electron chi connectivity index (χ3n) is 5.41. The summed E-state index contributed by atoms with van der Waals surface area (Å²) in [6.45, 7) is 2.17. The fourth-order valence-electron chi connectivity index (χ4n) is 3.66. The third-order valence-corrected chi connectivity index (χ3v) is 6.32. The van der Waals surface area contributed by atoms with Crippen molar-refractivity contribution in [3.63, 3.8) is 0 Å². The van der Waals surface area contributed by atoms with E-state index in [1.54, 1.807) is 7.11 Å². The molecule has 2 fully saturated rings. The van der Waals surface area contributed by atoms with Gasteiger partial charge in [0.2, 0.25) is 0 Å². The molecule has 8 heteroatoms. The first kappa shape index (κ1) is 18.6. The number of aromatic nitrogens is 1. The summed E-state index contributed by atoms with van der Waals surface area (Å²) in [5.41, 5.74) is 0.755. The number of ether oxygens (including phenoxy) is 1. The van der Waals surface area contributed by atoms with E-state index >= 15 is 0 Å². The van der Waals surface area contributed by atoms with E-state index in [0.717, 1.165) is 34.2 Å². The number of benzene rings is 1. The average Bonchev–Trinajstić information content (AvgIpc) is 3.27. The Hall–Kier alpha value is -2.74. The van der Waals surface area contributed by atoms with Crippen LogP contribution < -0.4 is 10.1 Å². The smallest absolute Gasteiger partial charge is 0.346 e. The zero-order valence-electron chi connectivity index (χ0n) is 15.8. The van der Waals surface area contributed by atoms with Crippen molar-refractivity contribution in [3.8, 4) is 16.3 Å². The number of rotatable bonds is 4. The van der Waals surface area contributed by atoms with Crippen molar-refractivity contribution in [2.24, 2.45) is 11.0 Å². The molecule has 1 saturated heterocycles. The van der Waals surface area contributed by atoms with Crippen LogP contribution in [0.5, 0.6) is 5.75 Å². The van der Waals surface area contributed by atoms with Gasteiger partial charge in [0.25, 0.3) is 5.91 Å². The van der Waals surface area contributed by atoms with Gasteiger partial charge in [-0.2, -0.15) is 5.10 Å². The van der Waals surface area contributed by atoms with E-state index < -0.39 is 11.6 Å². The molecule has 1 aliphatic carbocycles. The molecule has 4 rings (SSSR count). The van der Waals surface area contributed by atoms with E-state index in [1.165, 1.54) is 17.6 Å². The summed E-state index contributed by atoms with van der Waals surface area (Å²) in [7, 11) is 1.62. The number of hydrogen-bond acceptors (Lipinski definition) is 6. The Bertz CT molecular complexity index is 931. The van der Waals surface area contributed by atoms with Gasteiger partial charge in [-0.25, -0.2) is 9.78 Å². The van der Waals surface area contributed by atoms with E-state index in [-0.39, 0.29) is 5.91 Å². The van der Waals surface area contributed by atoms with E-state index in [1.807, 2.05) is 29.6 Å². The zero-order valence-corrected chi connectivity index (χ0v) is 16.7. The van der Waals surface area contributed by atoms with Gasteiger partial charge in [0.05, 0.1) is 19.0 Å². The van der Waals surface area contributed by atoms with Crippen molar-refractivity contribution in [2.45, 2.75) is 38.1 Å². The summed E-state index contributed by atoms with van der Waals surface area (Å²) in [6, 6.07) is 7.18. The lowest BCUT2D eigenvalue weighted by atomic mass is 9.77. The van der Waals surface area contributed by atoms with Crippen LogP contribution in [0.3, 0.4) is 0 Å². The molecule has 2 heterocycles. The molecular weight excluding hydrogens is 376 g/mol. The Kier molecular flexibility index (Phi) is 4.89. The highest BCUT2D eigenvalue weighted by Gasteiger charge is 2.52. The van der Waals surface area contributed by atoms with E-state index in [0.29, 0.717) is 24.5 Å². The standard InChI is InChI=1S/C20H22N4O3S/c1-13-6-8-20(9-7-13)18(25)24(19(26)23-20)21-11-15-12-28-17(22-15)14-4-3-5-16(10-14)27-2/h3-5,10-13H,6-9H2,1-2H3,(H,23,26). The van der Waals surface area contributed by atoms with E-state index in [2.05, 4.69) is 22.3 Å². The van der Waals surface area contributed by atoms with Gasteiger partial charge < -0.3 is 10.1 Å². The van der Waals surface area contributed by atoms with Crippen LogP contribution in [0.15, 0.2) is 34.7 Å². The van der Waals surface area contributed by atoms with Crippen molar-refractivity contribution in [1.29, 1.82) is 0 Å². The molecule has 3 amide bonds. The van der Waals surface area contributed by atoms with Crippen LogP contribution >= 0.6 is 11.3 Å². The first-order chi connectivity index (χ1) is 13.5. The van der Waals surface area contributed by atoms with Crippen LogP contribution in [0.2, 0.25) is 0 Å². The molecule has 7 nitrogen and oxygen atoms in total. The number of hydrogen-bond donors (Lipinski definition) is 1. The average molecular weight is 398 g/mol. The van der Waals surface area contributed by atoms with Crippen molar-refractivity contribution in [1.82, 2.24) is 15.3 Å². The van der Waals surface area contributed by atoms with Gasteiger partial charge in [0.1, 0.15) is 16.3 Å². The SMILES string of the molecule is COc1cccc(-c2nc(C=NN3C(=O)NC4(CCC(C)CC4)C3=O)cs2)c1. The normalized spacial score (nSPS) is 24.9. The number of nitrogens with one attached hydrogen (secondary N) is 1. The van der Waals surface area contributed by atoms with Crippen LogP contribution in [-0.2, 0) is 4.79 Å². The summed E-state index contributed by atoms with van der Waals surface area (Å²) in [5.74, 6) is 1.08. The van der Waals surface area contributed by atoms with Crippen molar-refractivity contribution in [2.75, 3.05) is 7.11 Å². The maximum Gasteiger partial charge on any atom is 0.346 e. The Labute approximate surface area is 167 Å². The molecule has 1 spiro atoms. The summed E-state index contributed by atoms with van der Waals surface area (Å²) in [5, 5.41) is 10.6. The van der Waals surface area contributed by atoms with Gasteiger partial charge in [0.15, 0.2) is 0 Å². The monoisotopic (exact) mass is 398 g/mol. The van der Waals surface area contributed by atoms with Crippen LogP contribution in [0.25, 0.3) is 10.6 Å². The first-order valence-corrected chi connectivity index (χ1v) is 10.2. The van der Waals surface area contributed by atoms with Gasteiger partial charge in [-0.15, -0.1) is 16.3 Å². The molecule has 2 aromatic rings. The summed E-state index contributed by atoms with van der Waals surface area (Å²) in [4.78, 5) is 29.6. The van der Waals surface area contributed by atoms with Gasteiger partial charge in [-0.3, -0.25) is 4.79 Å². The predicted octanol–water partition coefficient (Wildman–Crippen LogP) is 3.65. The van der Waals surface area contributed by atoms with Crippen LogP contribution in [0.1, 0.15) is 38.3 Å². The fourth-order valence-corrected chi connectivity index (χ4v) is 4.42. The second-order valence-corrected chi connectivity index (χ2v) is 8.22. The first-order valence-electron chi connectivity index (χ1n) is 9.31. The number of urea groups is 1.